The molecule has 0 spiro atoms. The van der Waals surface area contributed by atoms with Gasteiger partial charge in [0.25, 0.3) is 0 Å². The SMILES string of the molecule is CC1CC(Oc2cnc(C#N)cn2)CC(C)O1. The highest BCUT2D eigenvalue weighted by atomic mass is 16.5. The molecule has 5 heteroatoms. The Bertz CT molecular complexity index is 403. The first-order valence-corrected chi connectivity index (χ1v) is 5.71. The normalized spacial score (nSPS) is 28.4. The van der Waals surface area contributed by atoms with Crippen molar-refractivity contribution in [2.45, 2.75) is 45.0 Å². The quantitative estimate of drug-likeness (QED) is 0.777. The Hall–Kier alpha value is -1.67. The van der Waals surface area contributed by atoms with Gasteiger partial charge < -0.3 is 9.47 Å². The summed E-state index contributed by atoms with van der Waals surface area (Å²) in [6.07, 6.45) is 5.13. The Labute approximate surface area is 100 Å². The van der Waals surface area contributed by atoms with Crippen molar-refractivity contribution in [2.24, 2.45) is 0 Å². The zero-order valence-corrected chi connectivity index (χ0v) is 9.96. The lowest BCUT2D eigenvalue weighted by Gasteiger charge is -2.31. The molecular weight excluding hydrogens is 218 g/mol. The summed E-state index contributed by atoms with van der Waals surface area (Å²) in [5, 5.41) is 8.61. The molecule has 5 nitrogen and oxygen atoms in total. The van der Waals surface area contributed by atoms with E-state index in [4.69, 9.17) is 14.7 Å². The Morgan fingerprint density at radius 2 is 2.00 bits per heavy atom. The van der Waals surface area contributed by atoms with Crippen LogP contribution in [0.15, 0.2) is 12.4 Å². The fraction of sp³-hybridized carbons (Fsp3) is 0.583. The molecule has 1 aliphatic heterocycles. The summed E-state index contributed by atoms with van der Waals surface area (Å²) in [6, 6.07) is 1.92. The van der Waals surface area contributed by atoms with Gasteiger partial charge >= 0.3 is 0 Å². The summed E-state index contributed by atoms with van der Waals surface area (Å²) in [7, 11) is 0. The number of rotatable bonds is 2. The first-order chi connectivity index (χ1) is 8.17. The van der Waals surface area contributed by atoms with Gasteiger partial charge in [-0.1, -0.05) is 0 Å². The van der Waals surface area contributed by atoms with Crippen molar-refractivity contribution in [3.63, 3.8) is 0 Å². The monoisotopic (exact) mass is 233 g/mol. The van der Waals surface area contributed by atoms with Crippen LogP contribution in [0.3, 0.4) is 0 Å². The van der Waals surface area contributed by atoms with E-state index in [1.165, 1.54) is 12.4 Å². The lowest BCUT2D eigenvalue weighted by Crippen LogP contribution is -2.35. The minimum Gasteiger partial charge on any atom is -0.473 e. The van der Waals surface area contributed by atoms with Crippen molar-refractivity contribution in [1.82, 2.24) is 9.97 Å². The molecule has 0 amide bonds. The predicted octanol–water partition coefficient (Wildman–Crippen LogP) is 1.68. The van der Waals surface area contributed by atoms with Crippen molar-refractivity contribution in [1.29, 1.82) is 5.26 Å². The second-order valence-electron chi connectivity index (χ2n) is 4.32. The Morgan fingerprint density at radius 3 is 2.53 bits per heavy atom. The highest BCUT2D eigenvalue weighted by Crippen LogP contribution is 2.22. The molecular formula is C12H15N3O2. The molecule has 2 unspecified atom stereocenters. The highest BCUT2D eigenvalue weighted by molar-refractivity contribution is 5.18. The minimum absolute atomic E-state index is 0.107. The standard InChI is InChI=1S/C12H15N3O2/c1-8-3-11(4-9(2)16-8)17-12-7-14-10(5-13)6-15-12/h6-9,11H,3-4H2,1-2H3. The average Bonchev–Trinajstić information content (AvgIpc) is 2.28. The van der Waals surface area contributed by atoms with Gasteiger partial charge in [-0.05, 0) is 13.8 Å². The number of hydrogen-bond acceptors (Lipinski definition) is 5. The van der Waals surface area contributed by atoms with Gasteiger partial charge in [-0.25, -0.2) is 9.97 Å². The second kappa shape index (κ2) is 5.11. The molecule has 0 N–H and O–H groups in total. The van der Waals surface area contributed by atoms with Crippen LogP contribution in [0.2, 0.25) is 0 Å². The topological polar surface area (TPSA) is 68.0 Å². The molecule has 0 aromatic carbocycles. The van der Waals surface area contributed by atoms with E-state index in [2.05, 4.69) is 9.97 Å². The molecule has 0 radical (unpaired) electrons. The van der Waals surface area contributed by atoms with Crippen LogP contribution in [0.25, 0.3) is 0 Å². The van der Waals surface area contributed by atoms with Crippen LogP contribution in [0, 0.1) is 11.3 Å². The van der Waals surface area contributed by atoms with Gasteiger partial charge in [-0.15, -0.1) is 0 Å². The summed E-state index contributed by atoms with van der Waals surface area (Å²) in [6.45, 7) is 4.08. The predicted molar refractivity (Wildman–Crippen MR) is 60.4 cm³/mol. The minimum atomic E-state index is 0.107. The molecule has 17 heavy (non-hydrogen) atoms. The lowest BCUT2D eigenvalue weighted by molar-refractivity contribution is -0.0730. The van der Waals surface area contributed by atoms with Crippen LogP contribution in [-0.2, 0) is 4.74 Å². The van der Waals surface area contributed by atoms with Crippen LogP contribution < -0.4 is 4.74 Å². The summed E-state index contributed by atoms with van der Waals surface area (Å²) in [4.78, 5) is 7.97. The number of aromatic nitrogens is 2. The van der Waals surface area contributed by atoms with Gasteiger partial charge in [-0.2, -0.15) is 5.26 Å². The first kappa shape index (κ1) is 11.8. The van der Waals surface area contributed by atoms with Gasteiger partial charge in [0.05, 0.1) is 24.6 Å². The summed E-state index contributed by atoms with van der Waals surface area (Å²) in [5.74, 6) is 0.468. The number of nitrogens with zero attached hydrogens (tertiary/aromatic N) is 3. The van der Waals surface area contributed by atoms with E-state index in [0.29, 0.717) is 11.6 Å². The van der Waals surface area contributed by atoms with Crippen molar-refractivity contribution in [3.05, 3.63) is 18.1 Å². The van der Waals surface area contributed by atoms with Crippen molar-refractivity contribution in [2.75, 3.05) is 0 Å². The molecule has 2 rings (SSSR count). The molecule has 0 aliphatic carbocycles. The Morgan fingerprint density at radius 1 is 1.29 bits per heavy atom. The molecule has 0 bridgehead atoms. The lowest BCUT2D eigenvalue weighted by atomic mass is 10.0. The molecule has 1 aliphatic rings. The molecule has 90 valence electrons. The molecule has 1 aromatic rings. The van der Waals surface area contributed by atoms with Gasteiger partial charge in [0, 0.05) is 12.8 Å². The third kappa shape index (κ3) is 3.14. The van der Waals surface area contributed by atoms with Gasteiger partial charge in [-0.3, -0.25) is 0 Å². The largest absolute Gasteiger partial charge is 0.473 e. The summed E-state index contributed by atoms with van der Waals surface area (Å²) < 4.78 is 11.4. The van der Waals surface area contributed by atoms with Gasteiger partial charge in [0.1, 0.15) is 12.2 Å². The molecule has 2 heterocycles. The third-order valence-electron chi connectivity index (χ3n) is 2.68. The average molecular weight is 233 g/mol. The Balaban J connectivity index is 1.98. The molecule has 1 fully saturated rings. The van der Waals surface area contributed by atoms with Crippen LogP contribution in [0.5, 0.6) is 5.88 Å². The zero-order chi connectivity index (χ0) is 12.3. The van der Waals surface area contributed by atoms with E-state index in [0.717, 1.165) is 12.8 Å². The van der Waals surface area contributed by atoms with E-state index in [9.17, 15) is 0 Å². The zero-order valence-electron chi connectivity index (χ0n) is 9.96. The molecule has 1 saturated heterocycles. The van der Waals surface area contributed by atoms with Crippen LogP contribution in [0.1, 0.15) is 32.4 Å². The van der Waals surface area contributed by atoms with E-state index >= 15 is 0 Å². The maximum atomic E-state index is 8.61. The van der Waals surface area contributed by atoms with Crippen molar-refractivity contribution in [3.8, 4) is 11.9 Å². The number of nitriles is 1. The van der Waals surface area contributed by atoms with E-state index in [-0.39, 0.29) is 18.3 Å². The maximum absolute atomic E-state index is 8.61. The van der Waals surface area contributed by atoms with E-state index < -0.39 is 0 Å². The Kier molecular flexibility index (Phi) is 3.55. The van der Waals surface area contributed by atoms with E-state index in [1.54, 1.807) is 0 Å². The maximum Gasteiger partial charge on any atom is 0.232 e. The van der Waals surface area contributed by atoms with Crippen LogP contribution in [-0.4, -0.2) is 28.3 Å². The van der Waals surface area contributed by atoms with Crippen LogP contribution in [0.4, 0.5) is 0 Å². The molecule has 2 atom stereocenters. The summed E-state index contributed by atoms with van der Waals surface area (Å²) in [5.41, 5.74) is 0.297. The van der Waals surface area contributed by atoms with Crippen molar-refractivity contribution < 1.29 is 9.47 Å². The van der Waals surface area contributed by atoms with Gasteiger partial charge in [0.15, 0.2) is 5.69 Å². The first-order valence-electron chi connectivity index (χ1n) is 5.71. The molecule has 1 aromatic heterocycles. The van der Waals surface area contributed by atoms with Crippen molar-refractivity contribution >= 4 is 0 Å². The highest BCUT2D eigenvalue weighted by Gasteiger charge is 2.26. The van der Waals surface area contributed by atoms with Crippen LogP contribution >= 0.6 is 0 Å². The fourth-order valence-corrected chi connectivity index (χ4v) is 2.05. The summed E-state index contributed by atoms with van der Waals surface area (Å²) >= 11 is 0. The smallest absolute Gasteiger partial charge is 0.232 e. The third-order valence-corrected chi connectivity index (χ3v) is 2.68. The van der Waals surface area contributed by atoms with E-state index in [1.807, 2.05) is 19.9 Å². The molecule has 0 saturated carbocycles. The number of hydrogen-bond donors (Lipinski definition) is 0. The second-order valence-corrected chi connectivity index (χ2v) is 4.32. The van der Waals surface area contributed by atoms with Gasteiger partial charge in [0.2, 0.25) is 5.88 Å². The number of ether oxygens (including phenoxy) is 2. The fourth-order valence-electron chi connectivity index (χ4n) is 2.05.